The predicted molar refractivity (Wildman–Crippen MR) is 335 cm³/mol. The molecule has 12 rings (SSSR count). The molecular weight excluding hydrogens is 1390 g/mol. The van der Waals surface area contributed by atoms with Gasteiger partial charge >= 0.3 is 18.1 Å². The molecular formula is C60H68Br3F4N15O9. The number of hydrogen-bond donors (Lipinski definition) is 6. The maximum Gasteiger partial charge on any atom is 0.322 e. The molecule has 3 aromatic carbocycles. The fourth-order valence-corrected chi connectivity index (χ4v) is 13.4. The average Bonchev–Trinajstić information content (AvgIpc) is 1.66. The van der Waals surface area contributed by atoms with Crippen LogP contribution in [0, 0.1) is 41.0 Å². The van der Waals surface area contributed by atoms with Crippen molar-refractivity contribution in [2.24, 2.45) is 17.8 Å². The molecule has 486 valence electrons. The van der Waals surface area contributed by atoms with E-state index in [1.54, 1.807) is 59.7 Å². The Morgan fingerprint density at radius 1 is 0.473 bits per heavy atom. The number of urea groups is 3. The lowest BCUT2D eigenvalue weighted by Gasteiger charge is -2.33. The van der Waals surface area contributed by atoms with Gasteiger partial charge in [-0.2, -0.15) is 15.3 Å². The monoisotopic (exact) mass is 1460 g/mol. The molecule has 0 saturated heterocycles. The van der Waals surface area contributed by atoms with Crippen molar-refractivity contribution in [1.29, 1.82) is 0 Å². The molecule has 9 amide bonds. The molecule has 6 aromatic rings. The van der Waals surface area contributed by atoms with Gasteiger partial charge in [-0.25, -0.2) is 31.9 Å². The molecule has 6 aliphatic heterocycles. The highest BCUT2D eigenvalue weighted by Gasteiger charge is 2.41. The molecule has 31 heteroatoms. The van der Waals surface area contributed by atoms with Gasteiger partial charge in [-0.15, -0.1) is 0 Å². The number of aliphatic hydroxyl groups excluding tert-OH is 3. The van der Waals surface area contributed by atoms with E-state index in [2.05, 4.69) is 79.0 Å². The topological polar surface area (TPSA) is 272 Å². The average molecular weight is 1460 g/mol. The summed E-state index contributed by atoms with van der Waals surface area (Å²) >= 11 is 9.23. The highest BCUT2D eigenvalue weighted by atomic mass is 79.9. The molecule has 24 nitrogen and oxygen atoms in total. The second-order valence-electron chi connectivity index (χ2n) is 23.9. The number of fused-ring (bicyclic) bond motifs is 9. The fraction of sp³-hybridized carbons (Fsp3) is 0.450. The zero-order valence-electron chi connectivity index (χ0n) is 50.5. The number of benzene rings is 3. The Labute approximate surface area is 545 Å². The van der Waals surface area contributed by atoms with Crippen molar-refractivity contribution >= 4 is 101 Å². The largest absolute Gasteiger partial charge is 0.396 e. The number of anilines is 3. The van der Waals surface area contributed by atoms with Crippen LogP contribution in [0.2, 0.25) is 0 Å². The summed E-state index contributed by atoms with van der Waals surface area (Å²) in [7, 11) is 5.09. The molecule has 0 aliphatic carbocycles. The Morgan fingerprint density at radius 2 is 0.791 bits per heavy atom. The van der Waals surface area contributed by atoms with Gasteiger partial charge in [0.15, 0.2) is 0 Å². The van der Waals surface area contributed by atoms with E-state index in [-0.39, 0.29) is 124 Å². The first-order valence-electron chi connectivity index (χ1n) is 29.4. The van der Waals surface area contributed by atoms with Gasteiger partial charge in [-0.1, -0.05) is 0 Å². The summed E-state index contributed by atoms with van der Waals surface area (Å²) in [6.45, 7) is 8.85. The number of nitrogens with zero attached hydrogens (tertiary/aromatic N) is 12. The van der Waals surface area contributed by atoms with E-state index in [4.69, 9.17) is 0 Å². The minimum atomic E-state index is -0.884. The zero-order chi connectivity index (χ0) is 65.6. The number of halogens is 7. The quantitative estimate of drug-likeness (QED) is 0.0699. The Bertz CT molecular complexity index is 3690. The molecule has 6 N–H and O–H groups in total. The molecule has 91 heavy (non-hydrogen) atoms. The second-order valence-corrected chi connectivity index (χ2v) is 26.5. The van der Waals surface area contributed by atoms with E-state index >= 15 is 0 Å². The smallest absolute Gasteiger partial charge is 0.322 e. The minimum Gasteiger partial charge on any atom is -0.396 e. The summed E-state index contributed by atoms with van der Waals surface area (Å²) < 4.78 is 60.1. The van der Waals surface area contributed by atoms with Gasteiger partial charge in [-0.05, 0) is 111 Å². The number of amides is 9. The molecule has 0 unspecified atom stereocenters. The summed E-state index contributed by atoms with van der Waals surface area (Å²) in [5, 5.41) is 50.8. The van der Waals surface area contributed by atoms with Crippen LogP contribution in [0.4, 0.5) is 49.0 Å². The standard InChI is InChI=1S/C20H22BrF2N5O3.2C20H23BrFN5O3/c1-10-3-16-12(18-19(30)26(2)6-11(9-29)7-28(18)25-16)8-27(10)20(31)24-17-4-13(21)14(22)5-15(17)23;2*1-11-5-17-14(18-19(29)25(2)7-12(10-28)8-27(18)24-17)9-26(11)20(30)23-13-3-4-16(22)15(21)6-13/h4-5,10-11,29H,3,6-9H2,1-2H3,(H,24,31);2*3-4,6,11-12,28H,5,7-10H2,1-2H3,(H,23,30)/t10-,11-;11-,12+;11-,12-/m111/s1. The van der Waals surface area contributed by atoms with Crippen LogP contribution >= 0.6 is 47.8 Å². The van der Waals surface area contributed by atoms with Gasteiger partial charge in [0.2, 0.25) is 0 Å². The van der Waals surface area contributed by atoms with Crippen molar-refractivity contribution in [3.05, 3.63) is 136 Å². The summed E-state index contributed by atoms with van der Waals surface area (Å²) in [4.78, 5) is 87.3. The fourth-order valence-electron chi connectivity index (χ4n) is 12.3. The van der Waals surface area contributed by atoms with Gasteiger partial charge in [0.25, 0.3) is 17.7 Å². The normalized spacial score (nSPS) is 21.1. The van der Waals surface area contributed by atoms with Crippen molar-refractivity contribution in [3.8, 4) is 0 Å². The number of aliphatic hydroxyl groups is 3. The Kier molecular flexibility index (Phi) is 20.0. The molecule has 3 aromatic heterocycles. The molecule has 0 spiro atoms. The number of carbonyl (C=O) groups is 6. The highest BCUT2D eigenvalue weighted by Crippen LogP contribution is 2.35. The first-order chi connectivity index (χ1) is 43.2. The Morgan fingerprint density at radius 3 is 1.11 bits per heavy atom. The third kappa shape index (κ3) is 13.9. The van der Waals surface area contributed by atoms with Crippen molar-refractivity contribution in [2.45, 2.75) is 97.4 Å². The first kappa shape index (κ1) is 66.5. The predicted octanol–water partition coefficient (Wildman–Crippen LogP) is 7.51. The summed E-state index contributed by atoms with van der Waals surface area (Å²) in [6, 6.07) is 8.73. The Balaban J connectivity index is 0.000000150. The van der Waals surface area contributed by atoms with E-state index in [9.17, 15) is 61.6 Å². The van der Waals surface area contributed by atoms with E-state index in [0.29, 0.717) is 98.6 Å². The van der Waals surface area contributed by atoms with Crippen molar-refractivity contribution in [1.82, 2.24) is 58.7 Å². The molecule has 9 heterocycles. The maximum atomic E-state index is 14.1. The van der Waals surface area contributed by atoms with Crippen LogP contribution in [0.3, 0.4) is 0 Å². The lowest BCUT2D eigenvalue weighted by molar-refractivity contribution is 0.0754. The van der Waals surface area contributed by atoms with Crippen LogP contribution in [0.1, 0.15) is 86.0 Å². The molecule has 6 atom stereocenters. The van der Waals surface area contributed by atoms with E-state index in [0.717, 1.165) is 28.2 Å². The lowest BCUT2D eigenvalue weighted by Crippen LogP contribution is -2.45. The zero-order valence-corrected chi connectivity index (χ0v) is 55.3. The van der Waals surface area contributed by atoms with Crippen LogP contribution in [-0.2, 0) is 58.5 Å². The van der Waals surface area contributed by atoms with Gasteiger partial charge in [-0.3, -0.25) is 28.4 Å². The van der Waals surface area contributed by atoms with Crippen molar-refractivity contribution < 1.29 is 61.6 Å². The van der Waals surface area contributed by atoms with Gasteiger partial charge < -0.3 is 60.7 Å². The number of nitrogens with one attached hydrogen (secondary N) is 3. The molecule has 0 radical (unpaired) electrons. The number of carbonyl (C=O) groups excluding carboxylic acids is 6. The summed E-state index contributed by atoms with van der Waals surface area (Å²) in [6.07, 6.45) is 1.48. The van der Waals surface area contributed by atoms with Gasteiger partial charge in [0.1, 0.15) is 40.4 Å². The first-order valence-corrected chi connectivity index (χ1v) is 31.8. The second kappa shape index (κ2) is 27.4. The van der Waals surface area contributed by atoms with Crippen LogP contribution in [0.15, 0.2) is 61.9 Å². The van der Waals surface area contributed by atoms with Crippen LogP contribution < -0.4 is 16.0 Å². The van der Waals surface area contributed by atoms with E-state index in [1.165, 1.54) is 47.4 Å². The highest BCUT2D eigenvalue weighted by molar-refractivity contribution is 9.11. The van der Waals surface area contributed by atoms with Crippen LogP contribution in [0.25, 0.3) is 0 Å². The molecule has 0 fully saturated rings. The molecule has 0 saturated carbocycles. The third-order valence-corrected chi connectivity index (χ3v) is 19.0. The number of hydrogen-bond acceptors (Lipinski definition) is 12. The van der Waals surface area contributed by atoms with Crippen molar-refractivity contribution in [2.75, 3.05) is 76.5 Å². The summed E-state index contributed by atoms with van der Waals surface area (Å²) in [5.74, 6) is -3.30. The van der Waals surface area contributed by atoms with E-state index in [1.807, 2.05) is 20.8 Å². The lowest BCUT2D eigenvalue weighted by atomic mass is 9.99. The van der Waals surface area contributed by atoms with Gasteiger partial charge in [0.05, 0.1) is 55.8 Å². The SMILES string of the molecule is C[C@@H]1Cc2nn3c(c2CN1C(=O)Nc1cc(Br)c(F)cc1F)C(=O)N(C)C[C@@H](CO)C3.C[C@@H]1Cc2nn3c(c2CN1C(=O)Nc1ccc(F)c(Br)c1)C(=O)N(C)C[C@@H](CO)C3.C[C@@H]1Cc2nn3c(c2CN1C(=O)Nc1ccc(F)c(Br)c1)C(=O)N(C)C[C@H](CO)C3. The number of aromatic nitrogens is 6. The molecule has 0 bridgehead atoms. The third-order valence-electron chi connectivity index (χ3n) is 17.1. The van der Waals surface area contributed by atoms with E-state index < -0.39 is 29.3 Å². The van der Waals surface area contributed by atoms with Gasteiger partial charge in [0, 0.05) is 170 Å². The van der Waals surface area contributed by atoms with Crippen LogP contribution in [0.5, 0.6) is 0 Å². The molecule has 6 aliphatic rings. The minimum absolute atomic E-state index is 0.0280. The summed E-state index contributed by atoms with van der Waals surface area (Å²) in [5.41, 5.74) is 6.70. The Hall–Kier alpha value is -7.45. The maximum absolute atomic E-state index is 14.1. The van der Waals surface area contributed by atoms with Crippen LogP contribution in [-0.4, -0.2) is 189 Å². The van der Waals surface area contributed by atoms with Crippen molar-refractivity contribution in [3.63, 3.8) is 0 Å². The number of rotatable bonds is 6.